The summed E-state index contributed by atoms with van der Waals surface area (Å²) in [5.74, 6) is -0.125. The van der Waals surface area contributed by atoms with E-state index in [0.717, 1.165) is 19.3 Å². The molecule has 1 aromatic carbocycles. The van der Waals surface area contributed by atoms with E-state index in [-0.39, 0.29) is 6.61 Å². The van der Waals surface area contributed by atoms with Crippen molar-refractivity contribution in [2.24, 2.45) is 0 Å². The minimum Gasteiger partial charge on any atom is -0.480 e. The first-order valence-corrected chi connectivity index (χ1v) is 7.11. The van der Waals surface area contributed by atoms with E-state index in [1.54, 1.807) is 0 Å². The minimum absolute atomic E-state index is 0.205. The molecule has 19 heavy (non-hydrogen) atoms. The lowest BCUT2D eigenvalue weighted by Crippen LogP contribution is -2.15. The fraction of sp³-hybridized carbons (Fsp3) is 0.462. The number of rotatable bonds is 7. The maximum Gasteiger partial charge on any atom is 0.344 e. The zero-order valence-electron chi connectivity index (χ0n) is 10.5. The number of halogens is 3. The van der Waals surface area contributed by atoms with Crippen molar-refractivity contribution in [3.05, 3.63) is 27.2 Å². The first kappa shape index (κ1) is 16.4. The summed E-state index contributed by atoms with van der Waals surface area (Å²) in [7, 11) is 0. The van der Waals surface area contributed by atoms with Crippen molar-refractivity contribution in [1.82, 2.24) is 0 Å². The van der Waals surface area contributed by atoms with Gasteiger partial charge in [-0.3, -0.25) is 0 Å². The number of hydrogen-bond donors (Lipinski definition) is 0. The highest BCUT2D eigenvalue weighted by Crippen LogP contribution is 2.33. The normalized spacial score (nSPS) is 10.3. The highest BCUT2D eigenvalue weighted by molar-refractivity contribution is 6.43. The van der Waals surface area contributed by atoms with Crippen LogP contribution in [0.15, 0.2) is 12.1 Å². The van der Waals surface area contributed by atoms with Crippen LogP contribution in [0.1, 0.15) is 26.2 Å². The Kier molecular flexibility index (Phi) is 7.36. The maximum absolute atomic E-state index is 11.4. The van der Waals surface area contributed by atoms with Crippen LogP contribution in [0.4, 0.5) is 0 Å². The van der Waals surface area contributed by atoms with Crippen LogP contribution in [0.3, 0.4) is 0 Å². The Balaban J connectivity index is 2.40. The Morgan fingerprint density at radius 1 is 1.11 bits per heavy atom. The molecule has 1 aromatic rings. The molecule has 0 saturated heterocycles. The summed E-state index contributed by atoms with van der Waals surface area (Å²) < 4.78 is 10.2. The van der Waals surface area contributed by atoms with Gasteiger partial charge in [0.1, 0.15) is 5.75 Å². The molecule has 0 amide bonds. The van der Waals surface area contributed by atoms with Gasteiger partial charge >= 0.3 is 5.97 Å². The summed E-state index contributed by atoms with van der Waals surface area (Å²) in [6.45, 7) is 2.28. The van der Waals surface area contributed by atoms with Crippen LogP contribution in [0.2, 0.25) is 15.1 Å². The molecular weight excluding hydrogens is 310 g/mol. The third-order valence-corrected chi connectivity index (χ3v) is 3.35. The lowest BCUT2D eigenvalue weighted by Gasteiger charge is -2.09. The van der Waals surface area contributed by atoms with Gasteiger partial charge in [0, 0.05) is 6.07 Å². The topological polar surface area (TPSA) is 35.5 Å². The van der Waals surface area contributed by atoms with E-state index in [1.165, 1.54) is 12.1 Å². The summed E-state index contributed by atoms with van der Waals surface area (Å²) in [5, 5.41) is 0.951. The smallest absolute Gasteiger partial charge is 0.344 e. The van der Waals surface area contributed by atoms with E-state index >= 15 is 0 Å². The molecule has 6 heteroatoms. The summed E-state index contributed by atoms with van der Waals surface area (Å²) in [5.41, 5.74) is 0. The lowest BCUT2D eigenvalue weighted by molar-refractivity contribution is -0.146. The molecule has 0 spiro atoms. The second kappa shape index (κ2) is 8.51. The molecule has 0 radical (unpaired) electrons. The second-order valence-electron chi connectivity index (χ2n) is 3.91. The molecule has 106 valence electrons. The monoisotopic (exact) mass is 324 g/mol. The Morgan fingerprint density at radius 3 is 2.47 bits per heavy atom. The molecule has 0 saturated carbocycles. The Morgan fingerprint density at radius 2 is 1.79 bits per heavy atom. The zero-order chi connectivity index (χ0) is 14.3. The van der Waals surface area contributed by atoms with Crippen LogP contribution < -0.4 is 4.74 Å². The molecule has 0 bridgehead atoms. The molecule has 0 atom stereocenters. The number of unbranched alkanes of at least 4 members (excludes halogenated alkanes) is 2. The van der Waals surface area contributed by atoms with Gasteiger partial charge in [-0.15, -0.1) is 0 Å². The number of esters is 1. The average molecular weight is 326 g/mol. The van der Waals surface area contributed by atoms with Crippen molar-refractivity contribution in [1.29, 1.82) is 0 Å². The van der Waals surface area contributed by atoms with Crippen molar-refractivity contribution in [3.63, 3.8) is 0 Å². The SMILES string of the molecule is CCCCCOC(=O)COc1cc(Cl)c(Cl)cc1Cl. The first-order chi connectivity index (χ1) is 9.04. The van der Waals surface area contributed by atoms with Crippen LogP contribution in [-0.4, -0.2) is 19.2 Å². The van der Waals surface area contributed by atoms with Gasteiger partial charge in [0.15, 0.2) is 6.61 Å². The van der Waals surface area contributed by atoms with Crippen LogP contribution in [0.5, 0.6) is 5.75 Å². The van der Waals surface area contributed by atoms with Gasteiger partial charge in [0.2, 0.25) is 0 Å². The van der Waals surface area contributed by atoms with E-state index in [1.807, 2.05) is 0 Å². The van der Waals surface area contributed by atoms with Gasteiger partial charge in [-0.1, -0.05) is 54.6 Å². The number of hydrogen-bond acceptors (Lipinski definition) is 3. The third-order valence-electron chi connectivity index (χ3n) is 2.33. The number of benzene rings is 1. The molecular formula is C13H15Cl3O3. The maximum atomic E-state index is 11.4. The molecule has 0 aliphatic carbocycles. The van der Waals surface area contributed by atoms with Crippen molar-refractivity contribution in [3.8, 4) is 5.75 Å². The highest BCUT2D eigenvalue weighted by Gasteiger charge is 2.10. The quantitative estimate of drug-likeness (QED) is 0.412. The molecule has 3 nitrogen and oxygen atoms in total. The molecule has 0 fully saturated rings. The number of carbonyl (C=O) groups is 1. The zero-order valence-corrected chi connectivity index (χ0v) is 12.8. The summed E-state index contributed by atoms with van der Waals surface area (Å²) in [6.07, 6.45) is 2.97. The van der Waals surface area contributed by atoms with E-state index in [2.05, 4.69) is 6.92 Å². The minimum atomic E-state index is -0.432. The van der Waals surface area contributed by atoms with Gasteiger partial charge in [-0.25, -0.2) is 4.79 Å². The van der Waals surface area contributed by atoms with Crippen LogP contribution in [-0.2, 0) is 9.53 Å². The Hall–Kier alpha value is -0.640. The first-order valence-electron chi connectivity index (χ1n) is 5.97. The third kappa shape index (κ3) is 5.89. The van der Waals surface area contributed by atoms with E-state index < -0.39 is 5.97 Å². The fourth-order valence-electron chi connectivity index (χ4n) is 1.33. The molecule has 0 aliphatic rings. The van der Waals surface area contributed by atoms with Gasteiger partial charge in [0.05, 0.1) is 21.7 Å². The molecule has 0 aromatic heterocycles. The van der Waals surface area contributed by atoms with Crippen LogP contribution in [0.25, 0.3) is 0 Å². The predicted molar refractivity (Wildman–Crippen MR) is 77.5 cm³/mol. The number of carbonyl (C=O) groups excluding carboxylic acids is 1. The van der Waals surface area contributed by atoms with Crippen molar-refractivity contribution < 1.29 is 14.3 Å². The van der Waals surface area contributed by atoms with Gasteiger partial charge in [-0.2, -0.15) is 0 Å². The van der Waals surface area contributed by atoms with Crippen molar-refractivity contribution >= 4 is 40.8 Å². The van der Waals surface area contributed by atoms with Gasteiger partial charge in [-0.05, 0) is 12.5 Å². The summed E-state index contributed by atoms with van der Waals surface area (Å²) in [4.78, 5) is 11.4. The predicted octanol–water partition coefficient (Wildman–Crippen LogP) is 4.76. The van der Waals surface area contributed by atoms with Crippen molar-refractivity contribution in [2.75, 3.05) is 13.2 Å². The lowest BCUT2D eigenvalue weighted by atomic mass is 10.3. The average Bonchev–Trinajstić information content (AvgIpc) is 2.37. The fourth-order valence-corrected chi connectivity index (χ4v) is 1.92. The molecule has 0 unspecified atom stereocenters. The highest BCUT2D eigenvalue weighted by atomic mass is 35.5. The van der Waals surface area contributed by atoms with Crippen LogP contribution >= 0.6 is 34.8 Å². The molecule has 0 aliphatic heterocycles. The van der Waals surface area contributed by atoms with E-state index in [4.69, 9.17) is 44.3 Å². The second-order valence-corrected chi connectivity index (χ2v) is 5.13. The Labute approximate surface area is 127 Å². The summed E-state index contributed by atoms with van der Waals surface area (Å²) in [6, 6.07) is 2.93. The molecule has 0 N–H and O–H groups in total. The Bertz CT molecular complexity index is 435. The number of ether oxygens (including phenoxy) is 2. The standard InChI is InChI=1S/C13H15Cl3O3/c1-2-3-4-5-18-13(17)8-19-12-7-10(15)9(14)6-11(12)16/h6-7H,2-5,8H2,1H3. The van der Waals surface area contributed by atoms with Gasteiger partial charge in [0.25, 0.3) is 0 Å². The largest absolute Gasteiger partial charge is 0.480 e. The van der Waals surface area contributed by atoms with E-state index in [0.29, 0.717) is 27.4 Å². The van der Waals surface area contributed by atoms with E-state index in [9.17, 15) is 4.79 Å². The summed E-state index contributed by atoms with van der Waals surface area (Å²) >= 11 is 17.5. The van der Waals surface area contributed by atoms with Crippen molar-refractivity contribution in [2.45, 2.75) is 26.2 Å². The molecule has 0 heterocycles. The molecule has 1 rings (SSSR count). The van der Waals surface area contributed by atoms with Crippen LogP contribution in [0, 0.1) is 0 Å². The van der Waals surface area contributed by atoms with Gasteiger partial charge < -0.3 is 9.47 Å².